The summed E-state index contributed by atoms with van der Waals surface area (Å²) < 4.78 is 6.42. The minimum absolute atomic E-state index is 0.781. The molecular formula is C17H15BrN2O. The number of aromatic nitrogens is 1. The molecule has 1 aromatic heterocycles. The fourth-order valence-corrected chi connectivity index (χ4v) is 2.49. The number of hydrogen-bond acceptors (Lipinski definition) is 3. The lowest BCUT2D eigenvalue weighted by atomic mass is 10.1. The maximum atomic E-state index is 5.28. The zero-order valence-corrected chi connectivity index (χ0v) is 13.2. The zero-order chi connectivity index (χ0) is 14.7. The Labute approximate surface area is 132 Å². The number of rotatable bonds is 4. The molecular weight excluding hydrogens is 328 g/mol. The Morgan fingerprint density at radius 1 is 1.14 bits per heavy atom. The van der Waals surface area contributed by atoms with Gasteiger partial charge in [0, 0.05) is 22.3 Å². The first-order valence-electron chi connectivity index (χ1n) is 6.70. The van der Waals surface area contributed by atoms with E-state index < -0.39 is 0 Å². The SMILES string of the molecule is Cc1ccc(CNc2ccc(-c3cnco3)cc2)cc1Br. The second kappa shape index (κ2) is 6.14. The first-order valence-corrected chi connectivity index (χ1v) is 7.49. The summed E-state index contributed by atoms with van der Waals surface area (Å²) >= 11 is 3.56. The van der Waals surface area contributed by atoms with Crippen molar-refractivity contribution in [3.05, 3.63) is 70.7 Å². The van der Waals surface area contributed by atoms with Crippen LogP contribution in [0.3, 0.4) is 0 Å². The van der Waals surface area contributed by atoms with Gasteiger partial charge in [-0.15, -0.1) is 0 Å². The van der Waals surface area contributed by atoms with Crippen LogP contribution in [0.1, 0.15) is 11.1 Å². The van der Waals surface area contributed by atoms with Crippen molar-refractivity contribution >= 4 is 21.6 Å². The van der Waals surface area contributed by atoms with Crippen molar-refractivity contribution in [1.82, 2.24) is 4.98 Å². The first kappa shape index (κ1) is 13.9. The van der Waals surface area contributed by atoms with E-state index in [2.05, 4.69) is 51.4 Å². The molecule has 1 N–H and O–H groups in total. The molecule has 0 spiro atoms. The van der Waals surface area contributed by atoms with Gasteiger partial charge in [-0.05, 0) is 48.4 Å². The summed E-state index contributed by atoms with van der Waals surface area (Å²) in [4.78, 5) is 3.93. The molecule has 3 nitrogen and oxygen atoms in total. The lowest BCUT2D eigenvalue weighted by Crippen LogP contribution is -1.99. The van der Waals surface area contributed by atoms with Crippen molar-refractivity contribution in [3.63, 3.8) is 0 Å². The fourth-order valence-electron chi connectivity index (χ4n) is 2.06. The average molecular weight is 343 g/mol. The van der Waals surface area contributed by atoms with Crippen molar-refractivity contribution in [3.8, 4) is 11.3 Å². The summed E-state index contributed by atoms with van der Waals surface area (Å²) in [6.45, 7) is 2.88. The lowest BCUT2D eigenvalue weighted by molar-refractivity contribution is 0.572. The van der Waals surface area contributed by atoms with Gasteiger partial charge in [0.1, 0.15) is 0 Å². The van der Waals surface area contributed by atoms with Gasteiger partial charge < -0.3 is 9.73 Å². The smallest absolute Gasteiger partial charge is 0.181 e. The lowest BCUT2D eigenvalue weighted by Gasteiger charge is -2.08. The van der Waals surface area contributed by atoms with Crippen LogP contribution in [0, 0.1) is 6.92 Å². The number of hydrogen-bond donors (Lipinski definition) is 1. The van der Waals surface area contributed by atoms with E-state index in [1.54, 1.807) is 6.20 Å². The quantitative estimate of drug-likeness (QED) is 0.722. The van der Waals surface area contributed by atoms with Crippen molar-refractivity contribution in [2.45, 2.75) is 13.5 Å². The Balaban J connectivity index is 1.66. The van der Waals surface area contributed by atoms with Crippen LogP contribution in [0.5, 0.6) is 0 Å². The summed E-state index contributed by atoms with van der Waals surface area (Å²) in [5.41, 5.74) is 4.59. The molecule has 0 aliphatic carbocycles. The van der Waals surface area contributed by atoms with Crippen molar-refractivity contribution < 1.29 is 4.42 Å². The number of halogens is 1. The van der Waals surface area contributed by atoms with Crippen LogP contribution >= 0.6 is 15.9 Å². The predicted octanol–water partition coefficient (Wildman–Crippen LogP) is 5.02. The highest BCUT2D eigenvalue weighted by Crippen LogP contribution is 2.22. The average Bonchev–Trinajstić information content (AvgIpc) is 3.03. The third-order valence-corrected chi connectivity index (χ3v) is 4.19. The van der Waals surface area contributed by atoms with E-state index in [1.165, 1.54) is 17.5 Å². The first-order chi connectivity index (χ1) is 10.2. The minimum Gasteiger partial charge on any atom is -0.444 e. The van der Waals surface area contributed by atoms with E-state index in [1.807, 2.05) is 24.3 Å². The summed E-state index contributed by atoms with van der Waals surface area (Å²) in [6.07, 6.45) is 3.16. The highest BCUT2D eigenvalue weighted by atomic mass is 79.9. The highest BCUT2D eigenvalue weighted by molar-refractivity contribution is 9.10. The highest BCUT2D eigenvalue weighted by Gasteiger charge is 2.02. The molecule has 0 aliphatic rings. The Hall–Kier alpha value is -2.07. The van der Waals surface area contributed by atoms with E-state index in [4.69, 9.17) is 4.42 Å². The molecule has 2 aromatic carbocycles. The van der Waals surface area contributed by atoms with Gasteiger partial charge in [0.2, 0.25) is 0 Å². The Morgan fingerprint density at radius 2 is 1.95 bits per heavy atom. The van der Waals surface area contributed by atoms with E-state index in [9.17, 15) is 0 Å². The van der Waals surface area contributed by atoms with Gasteiger partial charge in [-0.2, -0.15) is 0 Å². The number of aryl methyl sites for hydroxylation is 1. The van der Waals surface area contributed by atoms with Gasteiger partial charge >= 0.3 is 0 Å². The molecule has 0 atom stereocenters. The third kappa shape index (κ3) is 3.34. The van der Waals surface area contributed by atoms with E-state index in [-0.39, 0.29) is 0 Å². The number of oxazole rings is 1. The molecule has 4 heteroatoms. The van der Waals surface area contributed by atoms with Gasteiger partial charge in [-0.3, -0.25) is 0 Å². The molecule has 0 radical (unpaired) electrons. The summed E-state index contributed by atoms with van der Waals surface area (Å²) in [5, 5.41) is 3.41. The number of nitrogens with one attached hydrogen (secondary N) is 1. The van der Waals surface area contributed by atoms with Crippen molar-refractivity contribution in [1.29, 1.82) is 0 Å². The molecule has 0 saturated heterocycles. The third-order valence-electron chi connectivity index (χ3n) is 3.33. The molecule has 0 saturated carbocycles. The largest absolute Gasteiger partial charge is 0.444 e. The maximum Gasteiger partial charge on any atom is 0.181 e. The second-order valence-electron chi connectivity index (χ2n) is 4.88. The molecule has 0 aliphatic heterocycles. The maximum absolute atomic E-state index is 5.28. The Morgan fingerprint density at radius 3 is 2.62 bits per heavy atom. The van der Waals surface area contributed by atoms with Gasteiger partial charge in [-0.1, -0.05) is 28.1 Å². The molecule has 1 heterocycles. The van der Waals surface area contributed by atoms with Crippen LogP contribution in [0.2, 0.25) is 0 Å². The van der Waals surface area contributed by atoms with Crippen molar-refractivity contribution in [2.24, 2.45) is 0 Å². The van der Waals surface area contributed by atoms with Gasteiger partial charge in [0.15, 0.2) is 12.2 Å². The number of anilines is 1. The van der Waals surface area contributed by atoms with Gasteiger partial charge in [0.05, 0.1) is 6.20 Å². The zero-order valence-electron chi connectivity index (χ0n) is 11.6. The molecule has 0 fully saturated rings. The van der Waals surface area contributed by atoms with Crippen LogP contribution < -0.4 is 5.32 Å². The predicted molar refractivity (Wildman–Crippen MR) is 88.1 cm³/mol. The van der Waals surface area contributed by atoms with Crippen molar-refractivity contribution in [2.75, 3.05) is 5.32 Å². The Kier molecular flexibility index (Phi) is 4.06. The van der Waals surface area contributed by atoms with E-state index in [0.717, 1.165) is 28.0 Å². The molecule has 3 aromatic rings. The Bertz CT molecular complexity index is 721. The molecule has 0 unspecified atom stereocenters. The second-order valence-corrected chi connectivity index (χ2v) is 5.73. The minimum atomic E-state index is 0.781. The van der Waals surface area contributed by atoms with Crippen LogP contribution in [0.25, 0.3) is 11.3 Å². The van der Waals surface area contributed by atoms with Gasteiger partial charge in [0.25, 0.3) is 0 Å². The standard InChI is InChI=1S/C17H15BrN2O/c1-12-2-3-13(8-16(12)18)9-20-15-6-4-14(5-7-15)17-10-19-11-21-17/h2-8,10-11,20H,9H2,1H3. The normalized spacial score (nSPS) is 10.6. The molecule has 21 heavy (non-hydrogen) atoms. The van der Waals surface area contributed by atoms with Crippen LogP contribution in [0.4, 0.5) is 5.69 Å². The molecule has 0 amide bonds. The molecule has 3 rings (SSSR count). The summed E-state index contributed by atoms with van der Waals surface area (Å²) in [5.74, 6) is 0.781. The summed E-state index contributed by atoms with van der Waals surface area (Å²) in [7, 11) is 0. The number of nitrogens with zero attached hydrogens (tertiary/aromatic N) is 1. The van der Waals surface area contributed by atoms with Gasteiger partial charge in [-0.25, -0.2) is 4.98 Å². The molecule has 0 bridgehead atoms. The van der Waals surface area contributed by atoms with Crippen LogP contribution in [-0.2, 0) is 6.54 Å². The van der Waals surface area contributed by atoms with E-state index in [0.29, 0.717) is 0 Å². The van der Waals surface area contributed by atoms with Crippen LogP contribution in [-0.4, -0.2) is 4.98 Å². The topological polar surface area (TPSA) is 38.1 Å². The summed E-state index contributed by atoms with van der Waals surface area (Å²) in [6, 6.07) is 14.5. The molecule has 106 valence electrons. The monoisotopic (exact) mass is 342 g/mol. The van der Waals surface area contributed by atoms with E-state index >= 15 is 0 Å². The van der Waals surface area contributed by atoms with Crippen LogP contribution in [0.15, 0.2) is 63.9 Å². The number of benzene rings is 2. The fraction of sp³-hybridized carbons (Fsp3) is 0.118.